The molecular weight excluding hydrogens is 325 g/mol. The van der Waals surface area contributed by atoms with E-state index in [4.69, 9.17) is 0 Å². The van der Waals surface area contributed by atoms with E-state index in [9.17, 15) is 18.0 Å². The summed E-state index contributed by atoms with van der Waals surface area (Å²) in [6.45, 7) is 4.10. The summed E-state index contributed by atoms with van der Waals surface area (Å²) < 4.78 is 39.2. The molecule has 1 fully saturated rings. The largest absolute Gasteiger partial charge is 0.401 e. The predicted molar refractivity (Wildman–Crippen MR) is 81.3 cm³/mol. The van der Waals surface area contributed by atoms with Crippen molar-refractivity contribution in [2.24, 2.45) is 0 Å². The zero-order valence-corrected chi connectivity index (χ0v) is 13.8. The van der Waals surface area contributed by atoms with Gasteiger partial charge in [0.15, 0.2) is 0 Å². The number of nitrogens with zero attached hydrogens (tertiary/aromatic N) is 5. The molecule has 24 heavy (non-hydrogen) atoms. The van der Waals surface area contributed by atoms with E-state index in [-0.39, 0.29) is 31.2 Å². The third kappa shape index (κ3) is 5.66. The number of hydrogen-bond acceptors (Lipinski definition) is 4. The monoisotopic (exact) mass is 348 g/mol. The van der Waals surface area contributed by atoms with Crippen LogP contribution in [0.2, 0.25) is 0 Å². The van der Waals surface area contributed by atoms with Gasteiger partial charge in [0.25, 0.3) is 0 Å². The lowest BCUT2D eigenvalue weighted by molar-refractivity contribution is -0.153. The number of carbonyl (C=O) groups is 1. The van der Waals surface area contributed by atoms with Crippen molar-refractivity contribution in [1.29, 1.82) is 0 Å². The average molecular weight is 348 g/mol. The smallest absolute Gasteiger partial charge is 0.335 e. The molecule has 1 aliphatic rings. The third-order valence-electron chi connectivity index (χ3n) is 4.06. The molecule has 10 heteroatoms. The van der Waals surface area contributed by atoms with Gasteiger partial charge in [-0.2, -0.15) is 18.3 Å². The number of carbonyl (C=O) groups excluding carboxylic acids is 1. The number of alkyl halides is 3. The van der Waals surface area contributed by atoms with Gasteiger partial charge in [-0.3, -0.25) is 9.58 Å². The summed E-state index contributed by atoms with van der Waals surface area (Å²) in [6.07, 6.45) is -0.464. The summed E-state index contributed by atoms with van der Waals surface area (Å²) >= 11 is 0. The molecular formula is C14H23F3N6O. The number of urea groups is 1. The number of piperazine rings is 1. The van der Waals surface area contributed by atoms with Crippen molar-refractivity contribution in [3.63, 3.8) is 0 Å². The minimum atomic E-state index is -4.21. The number of hydrogen-bond donors (Lipinski definition) is 1. The van der Waals surface area contributed by atoms with Gasteiger partial charge >= 0.3 is 12.2 Å². The highest BCUT2D eigenvalue weighted by Crippen LogP contribution is 2.20. The Morgan fingerprint density at radius 2 is 2.17 bits per heavy atom. The molecule has 1 aromatic heterocycles. The highest BCUT2D eigenvalue weighted by Gasteiger charge is 2.36. The number of rotatable bonds is 5. The van der Waals surface area contributed by atoms with Crippen molar-refractivity contribution in [1.82, 2.24) is 29.9 Å². The SMILES string of the molecule is C[C@@H](CCn1cncn1)NC(=O)N1CCN(CC(F)(F)F)[C@@H](C)C1. The number of aromatic nitrogens is 3. The van der Waals surface area contributed by atoms with Crippen molar-refractivity contribution < 1.29 is 18.0 Å². The Balaban J connectivity index is 1.75. The normalized spacial score (nSPS) is 20.9. The van der Waals surface area contributed by atoms with Crippen LogP contribution in [-0.4, -0.2) is 75.0 Å². The topological polar surface area (TPSA) is 66.3 Å². The van der Waals surface area contributed by atoms with E-state index >= 15 is 0 Å². The quantitative estimate of drug-likeness (QED) is 0.872. The predicted octanol–water partition coefficient (Wildman–Crippen LogP) is 1.33. The van der Waals surface area contributed by atoms with Crippen LogP contribution in [0, 0.1) is 0 Å². The second-order valence-electron chi connectivity index (χ2n) is 6.18. The molecule has 1 aromatic rings. The summed E-state index contributed by atoms with van der Waals surface area (Å²) in [5.41, 5.74) is 0. The molecule has 0 bridgehead atoms. The lowest BCUT2D eigenvalue weighted by Gasteiger charge is -2.40. The molecule has 2 amide bonds. The third-order valence-corrected chi connectivity index (χ3v) is 4.06. The molecule has 0 spiro atoms. The molecule has 1 saturated heterocycles. The maximum Gasteiger partial charge on any atom is 0.401 e. The highest BCUT2D eigenvalue weighted by atomic mass is 19.4. The van der Waals surface area contributed by atoms with E-state index in [2.05, 4.69) is 15.4 Å². The van der Waals surface area contributed by atoms with E-state index in [1.807, 2.05) is 6.92 Å². The number of nitrogens with one attached hydrogen (secondary N) is 1. The Labute approximate surface area is 138 Å². The zero-order chi connectivity index (χ0) is 17.7. The van der Waals surface area contributed by atoms with Gasteiger partial charge in [0.1, 0.15) is 12.7 Å². The molecule has 136 valence electrons. The van der Waals surface area contributed by atoms with Crippen LogP contribution in [-0.2, 0) is 6.54 Å². The first-order valence-electron chi connectivity index (χ1n) is 7.93. The van der Waals surface area contributed by atoms with Crippen molar-refractivity contribution in [3.8, 4) is 0 Å². The Morgan fingerprint density at radius 1 is 1.42 bits per heavy atom. The van der Waals surface area contributed by atoms with Crippen LogP contribution >= 0.6 is 0 Å². The highest BCUT2D eigenvalue weighted by molar-refractivity contribution is 5.74. The molecule has 2 heterocycles. The summed E-state index contributed by atoms with van der Waals surface area (Å²) in [7, 11) is 0. The number of amides is 2. The molecule has 1 aliphatic heterocycles. The van der Waals surface area contributed by atoms with Crippen LogP contribution in [0.15, 0.2) is 12.7 Å². The summed E-state index contributed by atoms with van der Waals surface area (Å²) in [5, 5.41) is 6.87. The summed E-state index contributed by atoms with van der Waals surface area (Å²) in [6, 6.07) is -0.624. The summed E-state index contributed by atoms with van der Waals surface area (Å²) in [5.74, 6) is 0. The second kappa shape index (κ2) is 7.82. The van der Waals surface area contributed by atoms with E-state index < -0.39 is 12.7 Å². The lowest BCUT2D eigenvalue weighted by atomic mass is 10.2. The fourth-order valence-electron chi connectivity index (χ4n) is 2.69. The van der Waals surface area contributed by atoms with Crippen LogP contribution in [0.3, 0.4) is 0 Å². The van der Waals surface area contributed by atoms with Gasteiger partial charge in [-0.15, -0.1) is 0 Å². The van der Waals surface area contributed by atoms with Crippen LogP contribution in [0.1, 0.15) is 20.3 Å². The van der Waals surface area contributed by atoms with Crippen molar-refractivity contribution in [2.75, 3.05) is 26.2 Å². The summed E-state index contributed by atoms with van der Waals surface area (Å²) in [4.78, 5) is 19.0. The molecule has 1 N–H and O–H groups in total. The van der Waals surface area contributed by atoms with Crippen LogP contribution in [0.25, 0.3) is 0 Å². The lowest BCUT2D eigenvalue weighted by Crippen LogP contribution is -2.58. The first-order valence-corrected chi connectivity index (χ1v) is 7.93. The Kier molecular flexibility index (Phi) is 6.03. The molecule has 0 aliphatic carbocycles. The minimum absolute atomic E-state index is 0.0646. The van der Waals surface area contributed by atoms with E-state index in [0.717, 1.165) is 0 Å². The van der Waals surface area contributed by atoms with Crippen molar-refractivity contribution in [3.05, 3.63) is 12.7 Å². The maximum absolute atomic E-state index is 12.5. The van der Waals surface area contributed by atoms with Crippen LogP contribution in [0.5, 0.6) is 0 Å². The number of aryl methyl sites for hydroxylation is 1. The Morgan fingerprint density at radius 3 is 2.75 bits per heavy atom. The Hall–Kier alpha value is -1.84. The molecule has 2 atom stereocenters. The van der Waals surface area contributed by atoms with Crippen molar-refractivity contribution >= 4 is 6.03 Å². The number of halogens is 3. The maximum atomic E-state index is 12.5. The molecule has 7 nitrogen and oxygen atoms in total. The van der Waals surface area contributed by atoms with Gasteiger partial charge in [-0.05, 0) is 20.3 Å². The molecule has 0 aromatic carbocycles. The van der Waals surface area contributed by atoms with Gasteiger partial charge in [0, 0.05) is 38.3 Å². The van der Waals surface area contributed by atoms with E-state index in [0.29, 0.717) is 19.5 Å². The molecule has 0 radical (unpaired) electrons. The van der Waals surface area contributed by atoms with Gasteiger partial charge in [0.2, 0.25) is 0 Å². The van der Waals surface area contributed by atoms with Gasteiger partial charge < -0.3 is 10.2 Å². The second-order valence-corrected chi connectivity index (χ2v) is 6.18. The fourth-order valence-corrected chi connectivity index (χ4v) is 2.69. The van der Waals surface area contributed by atoms with Gasteiger partial charge in [0.05, 0.1) is 6.54 Å². The van der Waals surface area contributed by atoms with Crippen molar-refractivity contribution in [2.45, 2.75) is 45.1 Å². The van der Waals surface area contributed by atoms with E-state index in [1.165, 1.54) is 11.2 Å². The van der Waals surface area contributed by atoms with Crippen LogP contribution in [0.4, 0.5) is 18.0 Å². The molecule has 2 rings (SSSR count). The molecule has 0 saturated carbocycles. The first-order chi connectivity index (χ1) is 11.2. The first kappa shape index (κ1) is 18.5. The Bertz CT molecular complexity index is 521. The standard InChI is InChI=1S/C14H23F3N6O/c1-11(3-4-23-10-18-9-19-23)20-13(24)21-5-6-22(12(2)7-21)8-14(15,16)17/h9-12H,3-8H2,1-2H3,(H,20,24)/t11-,12-/m0/s1. The van der Waals surface area contributed by atoms with Crippen LogP contribution < -0.4 is 5.32 Å². The zero-order valence-electron chi connectivity index (χ0n) is 13.8. The molecule has 0 unspecified atom stereocenters. The van der Waals surface area contributed by atoms with E-state index in [1.54, 1.807) is 22.8 Å². The fraction of sp³-hybridized carbons (Fsp3) is 0.786. The van der Waals surface area contributed by atoms with Gasteiger partial charge in [-0.1, -0.05) is 0 Å². The minimum Gasteiger partial charge on any atom is -0.335 e. The van der Waals surface area contributed by atoms with Gasteiger partial charge in [-0.25, -0.2) is 9.78 Å². The average Bonchev–Trinajstić information content (AvgIpc) is 2.99.